The van der Waals surface area contributed by atoms with E-state index >= 15 is 0 Å². The van der Waals surface area contributed by atoms with Crippen LogP contribution in [0.3, 0.4) is 0 Å². The zero-order valence-corrected chi connectivity index (χ0v) is 21.6. The third-order valence-electron chi connectivity index (χ3n) is 5.31. The number of carbonyl (C=O) groups is 2. The van der Waals surface area contributed by atoms with Crippen LogP contribution in [0.1, 0.15) is 38.8 Å². The van der Waals surface area contributed by atoms with Gasteiger partial charge in [0.1, 0.15) is 18.3 Å². The molecule has 0 radical (unpaired) electrons. The van der Waals surface area contributed by atoms with E-state index in [1.165, 1.54) is 4.90 Å². The van der Waals surface area contributed by atoms with Gasteiger partial charge in [-0.3, -0.25) is 13.9 Å². The van der Waals surface area contributed by atoms with Gasteiger partial charge in [0.05, 0.1) is 18.6 Å². The van der Waals surface area contributed by atoms with Crippen LogP contribution in [0.25, 0.3) is 0 Å². The van der Waals surface area contributed by atoms with Gasteiger partial charge in [-0.25, -0.2) is 8.42 Å². The van der Waals surface area contributed by atoms with Crippen molar-refractivity contribution in [2.45, 2.75) is 53.2 Å². The van der Waals surface area contributed by atoms with Crippen molar-refractivity contribution in [3.05, 3.63) is 59.7 Å². The number of benzene rings is 2. The normalized spacial score (nSPS) is 12.2. The molecule has 0 aromatic heterocycles. The maximum atomic E-state index is 13.6. The van der Waals surface area contributed by atoms with E-state index in [1.54, 1.807) is 38.1 Å². The molecule has 0 saturated heterocycles. The van der Waals surface area contributed by atoms with E-state index in [0.717, 1.165) is 21.7 Å². The topological polar surface area (TPSA) is 96.0 Å². The summed E-state index contributed by atoms with van der Waals surface area (Å²) >= 11 is 0. The van der Waals surface area contributed by atoms with Gasteiger partial charge < -0.3 is 15.0 Å². The first-order valence-electron chi connectivity index (χ1n) is 11.3. The fourth-order valence-electron chi connectivity index (χ4n) is 3.49. The molecule has 2 rings (SSSR count). The number of nitrogens with zero attached hydrogens (tertiary/aromatic N) is 2. The summed E-state index contributed by atoms with van der Waals surface area (Å²) in [7, 11) is -3.83. The lowest BCUT2D eigenvalue weighted by Gasteiger charge is -2.32. The largest absolute Gasteiger partial charge is 0.492 e. The van der Waals surface area contributed by atoms with E-state index in [4.69, 9.17) is 4.74 Å². The Morgan fingerprint density at radius 3 is 2.24 bits per heavy atom. The Balaban J connectivity index is 2.45. The SMILES string of the molecule is CCOc1ccccc1N(CC(=O)N(Cc1ccccc1C)[C@H](C)C(=O)NC(C)C)S(C)(=O)=O. The maximum absolute atomic E-state index is 13.6. The fraction of sp³-hybridized carbons (Fsp3) is 0.440. The predicted molar refractivity (Wildman–Crippen MR) is 134 cm³/mol. The Kier molecular flexibility index (Phi) is 9.49. The van der Waals surface area contributed by atoms with Crippen LogP contribution < -0.4 is 14.4 Å². The number of ether oxygens (including phenoxy) is 1. The number of hydrogen-bond acceptors (Lipinski definition) is 5. The number of anilines is 1. The summed E-state index contributed by atoms with van der Waals surface area (Å²) < 4.78 is 32.1. The van der Waals surface area contributed by atoms with Crippen LogP contribution in [0, 0.1) is 6.92 Å². The molecule has 2 aromatic rings. The van der Waals surface area contributed by atoms with Gasteiger partial charge in [-0.15, -0.1) is 0 Å². The molecule has 1 N–H and O–H groups in total. The second kappa shape index (κ2) is 11.9. The lowest BCUT2D eigenvalue weighted by atomic mass is 10.1. The van der Waals surface area contributed by atoms with Crippen molar-refractivity contribution in [2.24, 2.45) is 0 Å². The average Bonchev–Trinajstić information content (AvgIpc) is 2.76. The van der Waals surface area contributed by atoms with Gasteiger partial charge in [-0.05, 0) is 57.9 Å². The third kappa shape index (κ3) is 7.21. The quantitative estimate of drug-likeness (QED) is 0.523. The fourth-order valence-corrected chi connectivity index (χ4v) is 4.35. The molecule has 0 aliphatic heterocycles. The zero-order chi connectivity index (χ0) is 25.5. The van der Waals surface area contributed by atoms with Gasteiger partial charge in [-0.1, -0.05) is 36.4 Å². The monoisotopic (exact) mass is 489 g/mol. The third-order valence-corrected chi connectivity index (χ3v) is 6.44. The second-order valence-electron chi connectivity index (χ2n) is 8.46. The Bertz CT molecular complexity index is 1100. The summed E-state index contributed by atoms with van der Waals surface area (Å²) in [5.74, 6) is -0.441. The van der Waals surface area contributed by atoms with Crippen molar-refractivity contribution in [2.75, 3.05) is 23.7 Å². The Morgan fingerprint density at radius 2 is 1.65 bits per heavy atom. The minimum atomic E-state index is -3.83. The first-order valence-corrected chi connectivity index (χ1v) is 13.1. The van der Waals surface area contributed by atoms with Crippen molar-refractivity contribution >= 4 is 27.5 Å². The highest BCUT2D eigenvalue weighted by Gasteiger charge is 2.31. The summed E-state index contributed by atoms with van der Waals surface area (Å²) in [5.41, 5.74) is 2.12. The van der Waals surface area contributed by atoms with Gasteiger partial charge in [0.25, 0.3) is 0 Å². The minimum absolute atomic E-state index is 0.101. The number of sulfonamides is 1. The Labute approximate surface area is 202 Å². The molecule has 8 nitrogen and oxygen atoms in total. The zero-order valence-electron chi connectivity index (χ0n) is 20.7. The highest BCUT2D eigenvalue weighted by atomic mass is 32.2. The van der Waals surface area contributed by atoms with Crippen LogP contribution in [-0.2, 0) is 26.2 Å². The summed E-state index contributed by atoms with van der Waals surface area (Å²) in [4.78, 5) is 27.8. The molecular weight excluding hydrogens is 454 g/mol. The first kappa shape index (κ1) is 27.2. The molecule has 186 valence electrons. The Hall–Kier alpha value is -3.07. The summed E-state index contributed by atoms with van der Waals surface area (Å²) in [6.07, 6.45) is 1.05. The number of aryl methyl sites for hydroxylation is 1. The molecule has 0 bridgehead atoms. The van der Waals surface area contributed by atoms with E-state index in [-0.39, 0.29) is 24.2 Å². The van der Waals surface area contributed by atoms with Crippen molar-refractivity contribution < 1.29 is 22.7 Å². The molecule has 34 heavy (non-hydrogen) atoms. The Morgan fingerprint density at radius 1 is 1.03 bits per heavy atom. The highest BCUT2D eigenvalue weighted by Crippen LogP contribution is 2.30. The number of para-hydroxylation sites is 2. The number of nitrogens with one attached hydrogen (secondary N) is 1. The van der Waals surface area contributed by atoms with Crippen LogP contribution in [0.15, 0.2) is 48.5 Å². The highest BCUT2D eigenvalue weighted by molar-refractivity contribution is 7.92. The molecule has 0 spiro atoms. The standard InChI is InChI=1S/C25H35N3O5S/c1-7-33-23-15-11-10-14-22(23)28(34(6,31)32)17-24(29)27(20(5)25(30)26-18(2)3)16-21-13-9-8-12-19(21)4/h8-15,18,20H,7,16-17H2,1-6H3,(H,26,30)/t20-/m1/s1. The van der Waals surface area contributed by atoms with Crippen LogP contribution in [0.2, 0.25) is 0 Å². The number of amides is 2. The summed E-state index contributed by atoms with van der Waals surface area (Å²) in [6.45, 7) is 9.10. The summed E-state index contributed by atoms with van der Waals surface area (Å²) in [5, 5.41) is 2.83. The molecule has 0 heterocycles. The van der Waals surface area contributed by atoms with Gasteiger partial charge in [-0.2, -0.15) is 0 Å². The molecular formula is C25H35N3O5S. The van der Waals surface area contributed by atoms with Gasteiger partial charge in [0, 0.05) is 12.6 Å². The second-order valence-corrected chi connectivity index (χ2v) is 10.4. The van der Waals surface area contributed by atoms with Crippen LogP contribution >= 0.6 is 0 Å². The molecule has 0 saturated carbocycles. The number of carbonyl (C=O) groups excluding carboxylic acids is 2. The van der Waals surface area contributed by atoms with Crippen molar-refractivity contribution in [1.82, 2.24) is 10.2 Å². The van der Waals surface area contributed by atoms with Crippen molar-refractivity contribution in [1.29, 1.82) is 0 Å². The summed E-state index contributed by atoms with van der Waals surface area (Å²) in [6, 6.07) is 13.4. The van der Waals surface area contributed by atoms with Gasteiger partial charge in [0.2, 0.25) is 21.8 Å². The maximum Gasteiger partial charge on any atom is 0.244 e. The van der Waals surface area contributed by atoms with Gasteiger partial charge >= 0.3 is 0 Å². The van der Waals surface area contributed by atoms with Crippen LogP contribution in [0.4, 0.5) is 5.69 Å². The van der Waals surface area contributed by atoms with E-state index in [2.05, 4.69) is 5.32 Å². The number of hydrogen-bond donors (Lipinski definition) is 1. The molecule has 2 amide bonds. The number of rotatable bonds is 11. The molecule has 0 aliphatic rings. The van der Waals surface area contributed by atoms with E-state index in [9.17, 15) is 18.0 Å². The average molecular weight is 490 g/mol. The van der Waals surface area contributed by atoms with E-state index in [0.29, 0.717) is 12.4 Å². The molecule has 9 heteroatoms. The lowest BCUT2D eigenvalue weighted by Crippen LogP contribution is -2.52. The predicted octanol–water partition coefficient (Wildman–Crippen LogP) is 3.10. The molecule has 2 aromatic carbocycles. The van der Waals surface area contributed by atoms with Crippen molar-refractivity contribution in [3.8, 4) is 5.75 Å². The van der Waals surface area contributed by atoms with Crippen LogP contribution in [-0.4, -0.2) is 56.6 Å². The minimum Gasteiger partial charge on any atom is -0.492 e. The molecule has 0 unspecified atom stereocenters. The molecule has 0 aliphatic carbocycles. The first-order chi connectivity index (χ1) is 16.0. The molecule has 1 atom stereocenters. The molecule has 0 fully saturated rings. The van der Waals surface area contributed by atoms with E-state index in [1.807, 2.05) is 45.0 Å². The van der Waals surface area contributed by atoms with Crippen molar-refractivity contribution in [3.63, 3.8) is 0 Å². The van der Waals surface area contributed by atoms with E-state index < -0.39 is 28.5 Å². The van der Waals surface area contributed by atoms with Crippen LogP contribution in [0.5, 0.6) is 5.75 Å². The van der Waals surface area contributed by atoms with Gasteiger partial charge in [0.15, 0.2) is 0 Å². The lowest BCUT2D eigenvalue weighted by molar-refractivity contribution is -0.139. The smallest absolute Gasteiger partial charge is 0.244 e.